The van der Waals surface area contributed by atoms with Crippen LogP contribution < -0.4 is 4.74 Å². The van der Waals surface area contributed by atoms with Gasteiger partial charge in [0.1, 0.15) is 11.9 Å². The molecule has 2 unspecified atom stereocenters. The van der Waals surface area contributed by atoms with E-state index in [0.29, 0.717) is 11.5 Å². The van der Waals surface area contributed by atoms with Gasteiger partial charge in [-0.2, -0.15) is 0 Å². The van der Waals surface area contributed by atoms with Crippen LogP contribution in [0.15, 0.2) is 24.3 Å². The summed E-state index contributed by atoms with van der Waals surface area (Å²) in [6, 6.07) is 8.35. The van der Waals surface area contributed by atoms with Crippen LogP contribution in [0.3, 0.4) is 0 Å². The molecule has 2 aliphatic heterocycles. The van der Waals surface area contributed by atoms with Gasteiger partial charge in [0.05, 0.1) is 0 Å². The Labute approximate surface area is 108 Å². The molecule has 17 heavy (non-hydrogen) atoms. The summed E-state index contributed by atoms with van der Waals surface area (Å²) in [6.07, 6.45) is 3.73. The van der Waals surface area contributed by atoms with Crippen LogP contribution in [0.4, 0.5) is 0 Å². The van der Waals surface area contributed by atoms with Crippen molar-refractivity contribution in [1.82, 2.24) is 4.90 Å². The Kier molecular flexibility index (Phi) is 3.26. The summed E-state index contributed by atoms with van der Waals surface area (Å²) in [4.78, 5) is 2.44. The summed E-state index contributed by atoms with van der Waals surface area (Å²) in [7, 11) is 0. The first-order valence-corrected chi connectivity index (χ1v) is 6.86. The third-order valence-electron chi connectivity index (χ3n) is 3.62. The Bertz CT molecular complexity index is 371. The molecule has 2 nitrogen and oxygen atoms in total. The molecule has 0 aromatic heterocycles. The van der Waals surface area contributed by atoms with Crippen molar-refractivity contribution in [1.29, 1.82) is 0 Å². The zero-order valence-electron chi connectivity index (χ0n) is 9.94. The Morgan fingerprint density at radius 1 is 1.35 bits per heavy atom. The fourth-order valence-corrected chi connectivity index (χ4v) is 3.16. The number of piperidine rings is 1. The zero-order valence-corrected chi connectivity index (χ0v) is 10.7. The van der Waals surface area contributed by atoms with Crippen molar-refractivity contribution < 1.29 is 4.74 Å². The molecule has 0 saturated carbocycles. The van der Waals surface area contributed by atoms with Crippen LogP contribution in [0, 0.1) is 0 Å². The van der Waals surface area contributed by atoms with Crippen molar-refractivity contribution in [3.63, 3.8) is 0 Å². The summed E-state index contributed by atoms with van der Waals surface area (Å²) >= 11 is 6.20. The van der Waals surface area contributed by atoms with E-state index in [9.17, 15) is 0 Å². The van der Waals surface area contributed by atoms with E-state index in [-0.39, 0.29) is 0 Å². The highest BCUT2D eigenvalue weighted by Gasteiger charge is 2.26. The van der Waals surface area contributed by atoms with E-state index >= 15 is 0 Å². The van der Waals surface area contributed by atoms with Gasteiger partial charge in [0.15, 0.2) is 0 Å². The number of fused-ring (bicyclic) bond motifs is 1. The van der Waals surface area contributed by atoms with E-state index in [1.165, 1.54) is 18.5 Å². The lowest BCUT2D eigenvalue weighted by molar-refractivity contribution is 0.135. The molecule has 0 radical (unpaired) electrons. The molecule has 1 fully saturated rings. The third-order valence-corrected chi connectivity index (χ3v) is 3.98. The van der Waals surface area contributed by atoms with Crippen LogP contribution in [0.2, 0.25) is 0 Å². The summed E-state index contributed by atoms with van der Waals surface area (Å²) in [5.74, 6) is 1.07. The number of benzene rings is 1. The molecule has 92 valence electrons. The minimum Gasteiger partial charge on any atom is -0.488 e. The summed E-state index contributed by atoms with van der Waals surface area (Å²) < 4.78 is 5.96. The molecule has 0 spiro atoms. The van der Waals surface area contributed by atoms with Gasteiger partial charge < -0.3 is 4.74 Å². The molecule has 0 N–H and O–H groups in total. The van der Waals surface area contributed by atoms with Gasteiger partial charge in [-0.05, 0) is 31.0 Å². The largest absolute Gasteiger partial charge is 0.488 e. The fraction of sp³-hybridized carbons (Fsp3) is 0.571. The fourth-order valence-electron chi connectivity index (χ4n) is 2.81. The molecule has 2 atom stereocenters. The normalized spacial score (nSPS) is 28.8. The monoisotopic (exact) mass is 251 g/mol. The number of ether oxygens (including phenoxy) is 1. The number of para-hydroxylation sites is 1. The average molecular weight is 252 g/mol. The van der Waals surface area contributed by atoms with Gasteiger partial charge in [0.25, 0.3) is 0 Å². The molecule has 0 aliphatic carbocycles. The molecule has 0 amide bonds. The maximum absolute atomic E-state index is 6.20. The molecule has 1 aromatic carbocycles. The van der Waals surface area contributed by atoms with Crippen LogP contribution in [0.25, 0.3) is 0 Å². The van der Waals surface area contributed by atoms with Crippen LogP contribution in [-0.2, 0) is 6.42 Å². The van der Waals surface area contributed by atoms with Crippen molar-refractivity contribution in [2.75, 3.05) is 19.6 Å². The molecule has 2 aliphatic rings. The Morgan fingerprint density at radius 3 is 3.06 bits per heavy atom. The summed E-state index contributed by atoms with van der Waals surface area (Å²) in [6.45, 7) is 3.19. The SMILES string of the molecule is ClC1CCCN(CC2Cc3ccccc3O2)C1. The highest BCUT2D eigenvalue weighted by Crippen LogP contribution is 2.29. The number of rotatable bonds is 2. The molecule has 1 saturated heterocycles. The zero-order chi connectivity index (χ0) is 11.7. The second kappa shape index (κ2) is 4.87. The first-order valence-electron chi connectivity index (χ1n) is 6.42. The van der Waals surface area contributed by atoms with Gasteiger partial charge in [-0.3, -0.25) is 4.90 Å². The molecular formula is C14H18ClNO. The van der Waals surface area contributed by atoms with Crippen LogP contribution in [0.5, 0.6) is 5.75 Å². The van der Waals surface area contributed by atoms with E-state index in [2.05, 4.69) is 23.1 Å². The van der Waals surface area contributed by atoms with Gasteiger partial charge in [0.2, 0.25) is 0 Å². The van der Waals surface area contributed by atoms with E-state index in [1.54, 1.807) is 0 Å². The lowest BCUT2D eigenvalue weighted by Gasteiger charge is -2.31. The lowest BCUT2D eigenvalue weighted by Crippen LogP contribution is -2.41. The minimum atomic E-state index is 0.314. The molecule has 0 bridgehead atoms. The average Bonchev–Trinajstić information content (AvgIpc) is 2.71. The van der Waals surface area contributed by atoms with Crippen molar-refractivity contribution in [3.05, 3.63) is 29.8 Å². The second-order valence-corrected chi connectivity index (χ2v) is 5.67. The maximum Gasteiger partial charge on any atom is 0.123 e. The predicted molar refractivity (Wildman–Crippen MR) is 69.9 cm³/mol. The number of nitrogens with zero attached hydrogens (tertiary/aromatic N) is 1. The molecular weight excluding hydrogens is 234 g/mol. The van der Waals surface area contributed by atoms with E-state index < -0.39 is 0 Å². The summed E-state index contributed by atoms with van der Waals surface area (Å²) in [5, 5.41) is 0.326. The lowest BCUT2D eigenvalue weighted by atomic mass is 10.1. The topological polar surface area (TPSA) is 12.5 Å². The highest BCUT2D eigenvalue weighted by molar-refractivity contribution is 6.20. The Morgan fingerprint density at radius 2 is 2.24 bits per heavy atom. The first-order chi connectivity index (χ1) is 8.31. The first kappa shape index (κ1) is 11.4. The van der Waals surface area contributed by atoms with Gasteiger partial charge in [-0.1, -0.05) is 18.2 Å². The van der Waals surface area contributed by atoms with Gasteiger partial charge in [0, 0.05) is 24.9 Å². The van der Waals surface area contributed by atoms with Crippen molar-refractivity contribution in [2.24, 2.45) is 0 Å². The van der Waals surface area contributed by atoms with E-state index in [4.69, 9.17) is 16.3 Å². The van der Waals surface area contributed by atoms with Gasteiger partial charge >= 0.3 is 0 Å². The molecule has 3 heteroatoms. The van der Waals surface area contributed by atoms with E-state index in [0.717, 1.165) is 31.7 Å². The predicted octanol–water partition coefficient (Wildman–Crippen LogP) is 2.69. The number of halogens is 1. The molecule has 2 heterocycles. The van der Waals surface area contributed by atoms with Crippen LogP contribution in [-0.4, -0.2) is 36.0 Å². The summed E-state index contributed by atoms with van der Waals surface area (Å²) in [5.41, 5.74) is 1.34. The number of alkyl halides is 1. The maximum atomic E-state index is 6.20. The number of hydrogen-bond acceptors (Lipinski definition) is 2. The second-order valence-electron chi connectivity index (χ2n) is 5.05. The van der Waals surface area contributed by atoms with Gasteiger partial charge in [-0.15, -0.1) is 11.6 Å². The standard InChI is InChI=1S/C14H18ClNO/c15-12-5-3-7-16(9-12)10-13-8-11-4-1-2-6-14(11)17-13/h1-2,4,6,12-13H,3,5,7-10H2. The highest BCUT2D eigenvalue weighted by atomic mass is 35.5. The quantitative estimate of drug-likeness (QED) is 0.750. The molecule has 3 rings (SSSR count). The minimum absolute atomic E-state index is 0.314. The number of likely N-dealkylation sites (tertiary alicyclic amines) is 1. The van der Waals surface area contributed by atoms with E-state index in [1.807, 2.05) is 6.07 Å². The smallest absolute Gasteiger partial charge is 0.123 e. The third kappa shape index (κ3) is 2.58. The van der Waals surface area contributed by atoms with Crippen molar-refractivity contribution >= 4 is 11.6 Å². The van der Waals surface area contributed by atoms with Crippen LogP contribution in [0.1, 0.15) is 18.4 Å². The van der Waals surface area contributed by atoms with Crippen molar-refractivity contribution in [3.8, 4) is 5.75 Å². The Balaban J connectivity index is 1.58. The molecule has 1 aromatic rings. The number of hydrogen-bond donors (Lipinski definition) is 0. The van der Waals surface area contributed by atoms with Gasteiger partial charge in [-0.25, -0.2) is 0 Å². The Hall–Kier alpha value is -0.730. The van der Waals surface area contributed by atoms with Crippen molar-refractivity contribution in [2.45, 2.75) is 30.7 Å². The van der Waals surface area contributed by atoms with Crippen LogP contribution >= 0.6 is 11.6 Å².